The third-order valence-corrected chi connectivity index (χ3v) is 6.62. The molecule has 0 spiro atoms. The number of carbonyl (C=O) groups excluding carboxylic acids is 1. The molecule has 1 amide bonds. The van der Waals surface area contributed by atoms with E-state index in [9.17, 15) is 13.2 Å². The van der Waals surface area contributed by atoms with Crippen LogP contribution in [0.1, 0.15) is 30.4 Å². The fraction of sp³-hybridized carbons (Fsp3) is 0.318. The molecule has 1 heterocycles. The Hall–Kier alpha value is -2.44. The predicted molar refractivity (Wildman–Crippen MR) is 112 cm³/mol. The molecule has 0 radical (unpaired) electrons. The van der Waals surface area contributed by atoms with E-state index in [1.165, 1.54) is 9.71 Å². The largest absolute Gasteiger partial charge is 0.340 e. The lowest BCUT2D eigenvalue weighted by Gasteiger charge is -2.35. The lowest BCUT2D eigenvalue weighted by Crippen LogP contribution is -2.51. The Bertz CT molecular complexity index is 903. The van der Waals surface area contributed by atoms with Crippen molar-refractivity contribution in [3.63, 3.8) is 0 Å². The molecule has 5 nitrogen and oxygen atoms in total. The summed E-state index contributed by atoms with van der Waals surface area (Å²) in [4.78, 5) is 14.7. The van der Waals surface area contributed by atoms with E-state index in [0.717, 1.165) is 17.5 Å². The summed E-state index contributed by atoms with van der Waals surface area (Å²) in [6.07, 6.45) is 2.33. The van der Waals surface area contributed by atoms with Crippen LogP contribution in [-0.4, -0.2) is 49.7 Å². The first-order valence-corrected chi connectivity index (χ1v) is 11.1. The molecule has 0 aliphatic carbocycles. The number of hydrogen-bond acceptors (Lipinski definition) is 3. The average molecular weight is 399 g/mol. The SMILES string of the molecule is CCC(C(=O)N1CCN(S(=O)(=O)/C=C/c2ccccc2)CC1)c1ccccc1. The Morgan fingerprint density at radius 3 is 2.11 bits per heavy atom. The zero-order chi connectivity index (χ0) is 20.0. The van der Waals surface area contributed by atoms with Gasteiger partial charge in [0.25, 0.3) is 0 Å². The highest BCUT2D eigenvalue weighted by molar-refractivity contribution is 7.92. The Balaban J connectivity index is 1.62. The smallest absolute Gasteiger partial charge is 0.236 e. The Kier molecular flexibility index (Phi) is 6.65. The fourth-order valence-electron chi connectivity index (χ4n) is 3.44. The molecule has 1 saturated heterocycles. The van der Waals surface area contributed by atoms with E-state index >= 15 is 0 Å². The first-order chi connectivity index (χ1) is 13.5. The fourth-order valence-corrected chi connectivity index (χ4v) is 4.61. The number of benzene rings is 2. The maximum absolute atomic E-state index is 12.9. The summed E-state index contributed by atoms with van der Waals surface area (Å²) in [6, 6.07) is 19.1. The molecule has 1 atom stereocenters. The van der Waals surface area contributed by atoms with E-state index in [0.29, 0.717) is 26.2 Å². The topological polar surface area (TPSA) is 57.7 Å². The summed E-state index contributed by atoms with van der Waals surface area (Å²) in [5.41, 5.74) is 1.85. The molecule has 0 N–H and O–H groups in total. The minimum atomic E-state index is -3.49. The molecule has 0 aromatic heterocycles. The second-order valence-electron chi connectivity index (χ2n) is 6.85. The summed E-state index contributed by atoms with van der Waals surface area (Å²) in [5, 5.41) is 1.25. The third-order valence-electron chi connectivity index (χ3n) is 5.05. The standard InChI is InChI=1S/C22H26N2O3S/c1-2-21(20-11-7-4-8-12-20)22(25)23-14-16-24(17-15-23)28(26,27)18-13-19-9-5-3-6-10-19/h3-13,18,21H,2,14-17H2,1H3/b18-13+. The van der Waals surface area contributed by atoms with Gasteiger partial charge in [-0.25, -0.2) is 8.42 Å². The van der Waals surface area contributed by atoms with Crippen LogP contribution in [0.4, 0.5) is 0 Å². The molecule has 2 aromatic carbocycles. The minimum absolute atomic E-state index is 0.0746. The molecule has 1 fully saturated rings. The Morgan fingerprint density at radius 2 is 1.54 bits per heavy atom. The van der Waals surface area contributed by atoms with Gasteiger partial charge in [-0.05, 0) is 23.6 Å². The van der Waals surface area contributed by atoms with Crippen molar-refractivity contribution in [3.8, 4) is 0 Å². The van der Waals surface area contributed by atoms with Crippen LogP contribution >= 0.6 is 0 Å². The van der Waals surface area contributed by atoms with Gasteiger partial charge >= 0.3 is 0 Å². The second kappa shape index (κ2) is 9.17. The van der Waals surface area contributed by atoms with Gasteiger partial charge in [0.05, 0.1) is 5.92 Å². The number of sulfonamides is 1. The molecule has 1 unspecified atom stereocenters. The van der Waals surface area contributed by atoms with Gasteiger partial charge in [-0.1, -0.05) is 67.6 Å². The molecule has 28 heavy (non-hydrogen) atoms. The summed E-state index contributed by atoms with van der Waals surface area (Å²) in [6.45, 7) is 3.47. The van der Waals surface area contributed by atoms with E-state index in [4.69, 9.17) is 0 Å². The number of rotatable bonds is 6. The van der Waals surface area contributed by atoms with Crippen LogP contribution in [0.3, 0.4) is 0 Å². The van der Waals surface area contributed by atoms with Crippen LogP contribution in [0.15, 0.2) is 66.1 Å². The van der Waals surface area contributed by atoms with Crippen LogP contribution in [0.5, 0.6) is 0 Å². The van der Waals surface area contributed by atoms with Gasteiger partial charge in [-0.3, -0.25) is 4.79 Å². The van der Waals surface area contributed by atoms with Crippen LogP contribution in [0.25, 0.3) is 6.08 Å². The van der Waals surface area contributed by atoms with E-state index in [1.54, 1.807) is 11.0 Å². The number of nitrogens with zero attached hydrogens (tertiary/aromatic N) is 2. The van der Waals surface area contributed by atoms with Crippen LogP contribution in [0.2, 0.25) is 0 Å². The lowest BCUT2D eigenvalue weighted by molar-refractivity contribution is -0.134. The van der Waals surface area contributed by atoms with E-state index in [2.05, 4.69) is 0 Å². The summed E-state index contributed by atoms with van der Waals surface area (Å²) in [7, 11) is -3.49. The molecule has 148 valence electrons. The van der Waals surface area contributed by atoms with E-state index in [-0.39, 0.29) is 11.8 Å². The number of carbonyl (C=O) groups is 1. The van der Waals surface area contributed by atoms with Crippen molar-refractivity contribution >= 4 is 22.0 Å². The Morgan fingerprint density at radius 1 is 0.964 bits per heavy atom. The molecule has 6 heteroatoms. The average Bonchev–Trinajstić information content (AvgIpc) is 2.74. The third kappa shape index (κ3) is 4.88. The van der Waals surface area contributed by atoms with E-state index in [1.807, 2.05) is 67.6 Å². The summed E-state index contributed by atoms with van der Waals surface area (Å²) in [5.74, 6) is -0.104. The highest BCUT2D eigenvalue weighted by Gasteiger charge is 2.30. The zero-order valence-electron chi connectivity index (χ0n) is 16.1. The minimum Gasteiger partial charge on any atom is -0.340 e. The van der Waals surface area contributed by atoms with Crippen molar-refractivity contribution in [1.82, 2.24) is 9.21 Å². The maximum Gasteiger partial charge on any atom is 0.236 e. The number of amides is 1. The highest BCUT2D eigenvalue weighted by Crippen LogP contribution is 2.23. The van der Waals surface area contributed by atoms with Crippen molar-refractivity contribution in [2.24, 2.45) is 0 Å². The quantitative estimate of drug-likeness (QED) is 0.750. The highest BCUT2D eigenvalue weighted by atomic mass is 32.2. The summed E-state index contributed by atoms with van der Waals surface area (Å²) < 4.78 is 26.6. The van der Waals surface area contributed by atoms with Gasteiger partial charge in [0.1, 0.15) is 0 Å². The molecular formula is C22H26N2O3S. The van der Waals surface area contributed by atoms with E-state index < -0.39 is 10.0 Å². The first-order valence-electron chi connectivity index (χ1n) is 9.58. The predicted octanol–water partition coefficient (Wildman–Crippen LogP) is 3.33. The lowest BCUT2D eigenvalue weighted by atomic mass is 9.95. The number of piperazine rings is 1. The zero-order valence-corrected chi connectivity index (χ0v) is 16.9. The van der Waals surface area contributed by atoms with Crippen LogP contribution in [0, 0.1) is 0 Å². The Labute approximate surface area is 167 Å². The molecule has 3 rings (SSSR count). The summed E-state index contributed by atoms with van der Waals surface area (Å²) >= 11 is 0. The van der Waals surface area contributed by atoms with Crippen LogP contribution < -0.4 is 0 Å². The molecule has 1 aliphatic rings. The van der Waals surface area contributed by atoms with Crippen molar-refractivity contribution in [2.75, 3.05) is 26.2 Å². The van der Waals surface area contributed by atoms with Crippen molar-refractivity contribution < 1.29 is 13.2 Å². The van der Waals surface area contributed by atoms with Gasteiger partial charge in [-0.2, -0.15) is 4.31 Å². The monoisotopic (exact) mass is 398 g/mol. The van der Waals surface area contributed by atoms with Gasteiger partial charge in [0.2, 0.25) is 15.9 Å². The van der Waals surface area contributed by atoms with Crippen molar-refractivity contribution in [1.29, 1.82) is 0 Å². The van der Waals surface area contributed by atoms with Gasteiger partial charge in [0, 0.05) is 31.6 Å². The molecule has 0 saturated carbocycles. The molecule has 0 bridgehead atoms. The first kappa shape index (κ1) is 20.3. The van der Waals surface area contributed by atoms with Gasteiger partial charge in [0.15, 0.2) is 0 Å². The number of hydrogen-bond donors (Lipinski definition) is 0. The van der Waals surface area contributed by atoms with Gasteiger partial charge < -0.3 is 4.90 Å². The maximum atomic E-state index is 12.9. The van der Waals surface area contributed by atoms with Crippen molar-refractivity contribution in [2.45, 2.75) is 19.3 Å². The van der Waals surface area contributed by atoms with Gasteiger partial charge in [-0.15, -0.1) is 0 Å². The van der Waals surface area contributed by atoms with Crippen LogP contribution in [-0.2, 0) is 14.8 Å². The van der Waals surface area contributed by atoms with Crippen molar-refractivity contribution in [3.05, 3.63) is 77.2 Å². The normalized spacial score (nSPS) is 17.0. The molecular weight excluding hydrogens is 372 g/mol. The molecule has 1 aliphatic heterocycles. The molecule has 2 aromatic rings. The second-order valence-corrected chi connectivity index (χ2v) is 8.67.